The second-order valence-corrected chi connectivity index (χ2v) is 5.41. The van der Waals surface area contributed by atoms with Gasteiger partial charge in [0.05, 0.1) is 10.5 Å². The summed E-state index contributed by atoms with van der Waals surface area (Å²) in [5.74, 6) is 0.688. The number of Topliss-reactive ketones (excluding diaryl/α,β-unsaturated/α-hetero) is 1. The lowest BCUT2D eigenvalue weighted by atomic mass is 9.88. The van der Waals surface area contributed by atoms with Gasteiger partial charge in [0.2, 0.25) is 0 Å². The summed E-state index contributed by atoms with van der Waals surface area (Å²) in [5, 5.41) is 10.8. The third-order valence-electron chi connectivity index (χ3n) is 3.86. The Morgan fingerprint density at radius 3 is 2.65 bits per heavy atom. The molecule has 0 aliphatic heterocycles. The van der Waals surface area contributed by atoms with E-state index >= 15 is 0 Å². The van der Waals surface area contributed by atoms with Gasteiger partial charge in [-0.1, -0.05) is 13.3 Å². The van der Waals surface area contributed by atoms with Gasteiger partial charge in [0.1, 0.15) is 11.9 Å². The molecule has 2 rings (SSSR count). The van der Waals surface area contributed by atoms with Gasteiger partial charge in [-0.2, -0.15) is 0 Å². The third-order valence-corrected chi connectivity index (χ3v) is 3.86. The number of benzene rings is 1. The first kappa shape index (κ1) is 14.5. The molecule has 1 fully saturated rings. The van der Waals surface area contributed by atoms with E-state index in [1.807, 2.05) is 0 Å². The Morgan fingerprint density at radius 1 is 1.35 bits per heavy atom. The number of hydrogen-bond acceptors (Lipinski definition) is 4. The summed E-state index contributed by atoms with van der Waals surface area (Å²) < 4.78 is 5.95. The zero-order valence-electron chi connectivity index (χ0n) is 11.8. The monoisotopic (exact) mass is 277 g/mol. The van der Waals surface area contributed by atoms with Gasteiger partial charge in [0.15, 0.2) is 5.78 Å². The molecule has 1 aliphatic carbocycles. The molecule has 1 aromatic carbocycles. The van der Waals surface area contributed by atoms with Crippen LogP contribution in [0.15, 0.2) is 18.2 Å². The van der Waals surface area contributed by atoms with Gasteiger partial charge in [0, 0.05) is 12.1 Å². The predicted molar refractivity (Wildman–Crippen MR) is 75.1 cm³/mol. The van der Waals surface area contributed by atoms with Gasteiger partial charge in [-0.15, -0.1) is 0 Å². The second kappa shape index (κ2) is 6.03. The van der Waals surface area contributed by atoms with Crippen molar-refractivity contribution in [3.8, 4) is 5.75 Å². The van der Waals surface area contributed by atoms with Crippen molar-refractivity contribution in [1.82, 2.24) is 0 Å². The Balaban J connectivity index is 2.26. The van der Waals surface area contributed by atoms with Gasteiger partial charge in [0.25, 0.3) is 5.69 Å². The van der Waals surface area contributed by atoms with Crippen molar-refractivity contribution in [3.05, 3.63) is 33.9 Å². The molecular formula is C15H19NO4. The molecule has 1 aliphatic rings. The Kier molecular flexibility index (Phi) is 4.37. The zero-order valence-corrected chi connectivity index (χ0v) is 11.8. The van der Waals surface area contributed by atoms with E-state index in [4.69, 9.17) is 4.74 Å². The molecule has 108 valence electrons. The molecule has 1 aromatic rings. The number of carbonyl (C=O) groups excluding carboxylic acids is 1. The van der Waals surface area contributed by atoms with Crippen molar-refractivity contribution >= 4 is 11.5 Å². The van der Waals surface area contributed by atoms with E-state index in [9.17, 15) is 14.9 Å². The smallest absolute Gasteiger partial charge is 0.270 e. The molecule has 5 nitrogen and oxygen atoms in total. The molecule has 0 bridgehead atoms. The average molecular weight is 277 g/mol. The van der Waals surface area contributed by atoms with Crippen LogP contribution in [0.3, 0.4) is 0 Å². The lowest BCUT2D eigenvalue weighted by Gasteiger charge is -2.29. The van der Waals surface area contributed by atoms with Crippen molar-refractivity contribution in [2.75, 3.05) is 0 Å². The van der Waals surface area contributed by atoms with Crippen LogP contribution in [-0.2, 0) is 0 Å². The normalized spacial score (nSPS) is 22.3. The maximum absolute atomic E-state index is 11.7. The highest BCUT2D eigenvalue weighted by Crippen LogP contribution is 2.31. The van der Waals surface area contributed by atoms with E-state index in [1.165, 1.54) is 31.5 Å². The predicted octanol–water partition coefficient (Wildman–Crippen LogP) is 3.75. The number of ether oxygens (including phenoxy) is 1. The van der Waals surface area contributed by atoms with E-state index in [1.54, 1.807) is 0 Å². The molecule has 20 heavy (non-hydrogen) atoms. The topological polar surface area (TPSA) is 69.4 Å². The number of nitrogens with zero attached hydrogens (tertiary/aromatic N) is 1. The lowest BCUT2D eigenvalue weighted by Crippen LogP contribution is -2.28. The first-order valence-electron chi connectivity index (χ1n) is 6.95. The minimum absolute atomic E-state index is 0.0840. The molecule has 2 atom stereocenters. The van der Waals surface area contributed by atoms with Crippen LogP contribution in [-0.4, -0.2) is 16.8 Å². The maximum Gasteiger partial charge on any atom is 0.270 e. The van der Waals surface area contributed by atoms with Crippen LogP contribution in [0, 0.1) is 16.0 Å². The standard InChI is InChI=1S/C15H19NO4/c1-10-5-3-4-6-14(10)20-15-8-7-12(16(18)19)9-13(15)11(2)17/h7-10,14H,3-6H2,1-2H3. The van der Waals surface area contributed by atoms with E-state index < -0.39 is 4.92 Å². The molecule has 0 amide bonds. The van der Waals surface area contributed by atoms with Crippen molar-refractivity contribution in [1.29, 1.82) is 0 Å². The van der Waals surface area contributed by atoms with E-state index in [0.717, 1.165) is 19.3 Å². The van der Waals surface area contributed by atoms with E-state index in [2.05, 4.69) is 6.92 Å². The van der Waals surface area contributed by atoms with Crippen LogP contribution in [0.1, 0.15) is 49.9 Å². The largest absolute Gasteiger partial charge is 0.489 e. The highest BCUT2D eigenvalue weighted by molar-refractivity contribution is 5.97. The van der Waals surface area contributed by atoms with Crippen molar-refractivity contribution in [3.63, 3.8) is 0 Å². The second-order valence-electron chi connectivity index (χ2n) is 5.41. The minimum Gasteiger partial charge on any atom is -0.489 e. The number of hydrogen-bond donors (Lipinski definition) is 0. The average Bonchev–Trinajstić information content (AvgIpc) is 2.41. The molecular weight excluding hydrogens is 258 g/mol. The summed E-state index contributed by atoms with van der Waals surface area (Å²) in [6.45, 7) is 3.54. The maximum atomic E-state index is 11.7. The summed E-state index contributed by atoms with van der Waals surface area (Å²) in [7, 11) is 0. The van der Waals surface area contributed by atoms with Crippen LogP contribution in [0.5, 0.6) is 5.75 Å². The van der Waals surface area contributed by atoms with Crippen LogP contribution in [0.4, 0.5) is 5.69 Å². The summed E-state index contributed by atoms with van der Waals surface area (Å²) in [6.07, 6.45) is 4.50. The number of non-ortho nitro benzene ring substituents is 1. The van der Waals surface area contributed by atoms with Gasteiger partial charge in [-0.05, 0) is 38.2 Å². The van der Waals surface area contributed by atoms with Gasteiger partial charge < -0.3 is 4.74 Å². The Morgan fingerprint density at radius 2 is 2.05 bits per heavy atom. The molecule has 0 spiro atoms. The van der Waals surface area contributed by atoms with Crippen molar-refractivity contribution in [2.45, 2.75) is 45.6 Å². The Hall–Kier alpha value is -1.91. The molecule has 0 N–H and O–H groups in total. The van der Waals surface area contributed by atoms with E-state index in [-0.39, 0.29) is 23.1 Å². The summed E-state index contributed by atoms with van der Waals surface area (Å²) in [6, 6.07) is 4.22. The van der Waals surface area contributed by atoms with Gasteiger partial charge in [-0.3, -0.25) is 14.9 Å². The summed E-state index contributed by atoms with van der Waals surface area (Å²) in [5.41, 5.74) is 0.205. The van der Waals surface area contributed by atoms with Crippen molar-refractivity contribution in [2.24, 2.45) is 5.92 Å². The number of rotatable bonds is 4. The lowest BCUT2D eigenvalue weighted by molar-refractivity contribution is -0.384. The number of nitro groups is 1. The zero-order chi connectivity index (χ0) is 14.7. The number of carbonyl (C=O) groups is 1. The highest BCUT2D eigenvalue weighted by atomic mass is 16.6. The highest BCUT2D eigenvalue weighted by Gasteiger charge is 2.25. The Labute approximate surface area is 118 Å². The Bertz CT molecular complexity index is 527. The van der Waals surface area contributed by atoms with Gasteiger partial charge in [-0.25, -0.2) is 0 Å². The third kappa shape index (κ3) is 3.15. The molecule has 0 heterocycles. The summed E-state index contributed by atoms with van der Waals surface area (Å²) >= 11 is 0. The van der Waals surface area contributed by atoms with Crippen LogP contribution in [0.25, 0.3) is 0 Å². The van der Waals surface area contributed by atoms with Gasteiger partial charge >= 0.3 is 0 Å². The minimum atomic E-state index is -0.501. The fourth-order valence-corrected chi connectivity index (χ4v) is 2.63. The molecule has 0 radical (unpaired) electrons. The molecule has 1 saturated carbocycles. The summed E-state index contributed by atoms with van der Waals surface area (Å²) in [4.78, 5) is 21.9. The van der Waals surface area contributed by atoms with E-state index in [0.29, 0.717) is 11.7 Å². The SMILES string of the molecule is CC(=O)c1cc([N+](=O)[O-])ccc1OC1CCCCC1C. The van der Waals surface area contributed by atoms with Crippen LogP contribution in [0.2, 0.25) is 0 Å². The quantitative estimate of drug-likeness (QED) is 0.477. The first-order chi connectivity index (χ1) is 9.49. The van der Waals surface area contributed by atoms with Crippen molar-refractivity contribution < 1.29 is 14.5 Å². The fraction of sp³-hybridized carbons (Fsp3) is 0.533. The fourth-order valence-electron chi connectivity index (χ4n) is 2.63. The van der Waals surface area contributed by atoms with Crippen LogP contribution >= 0.6 is 0 Å². The molecule has 2 unspecified atom stereocenters. The van der Waals surface area contributed by atoms with Crippen LogP contribution < -0.4 is 4.74 Å². The molecule has 5 heteroatoms. The molecule has 0 aromatic heterocycles. The first-order valence-corrected chi connectivity index (χ1v) is 6.95. The number of nitro benzene ring substituents is 1. The molecule has 0 saturated heterocycles. The number of ketones is 1.